The molecule has 4 rings (SSSR count). The summed E-state index contributed by atoms with van der Waals surface area (Å²) in [6.45, 7) is 18.1. The first-order chi connectivity index (χ1) is 29.6. The zero-order valence-corrected chi connectivity index (χ0v) is 39.1. The van der Waals surface area contributed by atoms with Crippen molar-refractivity contribution in [2.24, 2.45) is 11.8 Å². The smallest absolute Gasteiger partial charge is 0.408 e. The van der Waals surface area contributed by atoms with Gasteiger partial charge in [0.2, 0.25) is 17.7 Å². The Morgan fingerprint density at radius 2 is 1.48 bits per heavy atom. The standard InChI is InChI=1S/C49H74N6O8/c1-34(2)29-38(52-46(60)63-47(3,4)5)26-25-37(30-35-19-12-10-13-20-35)44(58)54-28-18-24-41(54)43(57)53-40(42(56)51-39-31-48(6,7)55(61)49(8,9)32-39)23-16-17-27-50-45(59)62-33-36-21-14-11-15-22-36/h10-15,19-22,25-26,34,37-41,61H,16-18,23-24,27-33H2,1-9H3,(H,50,59)(H,51,56)(H,52,60)(H,53,57)/b26-25+/t37-,38-,40+,41+/m1/s1. The average Bonchev–Trinajstić information content (AvgIpc) is 3.70. The Hall–Kier alpha value is -4.95. The number of hydroxylamine groups is 2. The van der Waals surface area contributed by atoms with Gasteiger partial charge < -0.3 is 40.8 Å². The molecule has 2 aromatic carbocycles. The van der Waals surface area contributed by atoms with Gasteiger partial charge in [-0.2, -0.15) is 5.06 Å². The number of amides is 5. The van der Waals surface area contributed by atoms with Crippen LogP contribution in [0.4, 0.5) is 9.59 Å². The SMILES string of the molecule is CC(C)C[C@@H](/C=C/[C@H](Cc1ccccc1)C(=O)N1CCC[C@H]1C(=O)N[C@@H](CCCCNC(=O)OCc1ccccc1)C(=O)NC1CC(C)(C)N(O)C(C)(C)C1)NC(=O)OC(C)(C)C. The number of alkyl carbamates (subject to hydrolysis) is 2. The van der Waals surface area contributed by atoms with Crippen LogP contribution in [0.25, 0.3) is 0 Å². The van der Waals surface area contributed by atoms with Gasteiger partial charge in [-0.05, 0) is 123 Å². The molecule has 4 atom stereocenters. The van der Waals surface area contributed by atoms with Crippen molar-refractivity contribution in [1.82, 2.24) is 31.2 Å². The summed E-state index contributed by atoms with van der Waals surface area (Å²) in [6.07, 6.45) is 7.05. The van der Waals surface area contributed by atoms with Crippen LogP contribution in [-0.2, 0) is 36.9 Å². The summed E-state index contributed by atoms with van der Waals surface area (Å²) in [7, 11) is 0. The molecule has 0 aliphatic carbocycles. The van der Waals surface area contributed by atoms with Gasteiger partial charge in [-0.15, -0.1) is 0 Å². The van der Waals surface area contributed by atoms with Gasteiger partial charge in [0, 0.05) is 30.2 Å². The lowest BCUT2D eigenvalue weighted by atomic mass is 9.79. The number of benzene rings is 2. The summed E-state index contributed by atoms with van der Waals surface area (Å²) in [4.78, 5) is 69.9. The third-order valence-electron chi connectivity index (χ3n) is 11.5. The van der Waals surface area contributed by atoms with Crippen molar-refractivity contribution in [2.75, 3.05) is 13.1 Å². The highest BCUT2D eigenvalue weighted by Gasteiger charge is 2.46. The summed E-state index contributed by atoms with van der Waals surface area (Å²) in [6, 6.07) is 16.7. The van der Waals surface area contributed by atoms with E-state index >= 15 is 0 Å². The lowest BCUT2D eigenvalue weighted by Crippen LogP contribution is -2.64. The van der Waals surface area contributed by atoms with Crippen LogP contribution in [0.15, 0.2) is 72.8 Å². The quantitative estimate of drug-likeness (QED) is 0.0709. The first-order valence-corrected chi connectivity index (χ1v) is 22.7. The van der Waals surface area contributed by atoms with Gasteiger partial charge in [0.15, 0.2) is 0 Å². The molecule has 2 aliphatic heterocycles. The Morgan fingerprint density at radius 3 is 2.08 bits per heavy atom. The van der Waals surface area contributed by atoms with E-state index in [0.29, 0.717) is 70.9 Å². The molecule has 63 heavy (non-hydrogen) atoms. The van der Waals surface area contributed by atoms with Gasteiger partial charge >= 0.3 is 12.2 Å². The van der Waals surface area contributed by atoms with Crippen molar-refractivity contribution in [1.29, 1.82) is 0 Å². The molecule has 5 amide bonds. The van der Waals surface area contributed by atoms with Crippen LogP contribution in [0.2, 0.25) is 0 Å². The Labute approximate surface area is 375 Å². The zero-order chi connectivity index (χ0) is 46.4. The Kier molecular flexibility index (Phi) is 18.6. The van der Waals surface area contributed by atoms with Gasteiger partial charge in [0.25, 0.3) is 0 Å². The maximum Gasteiger partial charge on any atom is 0.408 e. The van der Waals surface area contributed by atoms with Gasteiger partial charge in [-0.25, -0.2) is 9.59 Å². The molecule has 2 heterocycles. The minimum atomic E-state index is -0.908. The second kappa shape index (κ2) is 23.1. The number of ether oxygens (including phenoxy) is 2. The van der Waals surface area contributed by atoms with Crippen molar-refractivity contribution in [2.45, 2.75) is 168 Å². The molecule has 2 saturated heterocycles. The summed E-state index contributed by atoms with van der Waals surface area (Å²) in [5.41, 5.74) is -0.0450. The normalized spacial score (nSPS) is 19.2. The van der Waals surface area contributed by atoms with Gasteiger partial charge in [-0.1, -0.05) is 86.7 Å². The average molecular weight is 875 g/mol. The van der Waals surface area contributed by atoms with E-state index in [2.05, 4.69) is 35.1 Å². The number of nitrogens with zero attached hydrogens (tertiary/aromatic N) is 2. The number of unbranched alkanes of at least 4 members (excludes halogenated alkanes) is 1. The van der Waals surface area contributed by atoms with E-state index < -0.39 is 58.8 Å². The molecule has 0 aromatic heterocycles. The fourth-order valence-corrected chi connectivity index (χ4v) is 8.69. The van der Waals surface area contributed by atoms with Gasteiger partial charge in [-0.3, -0.25) is 14.4 Å². The van der Waals surface area contributed by atoms with Gasteiger partial charge in [0.1, 0.15) is 24.3 Å². The molecule has 14 nitrogen and oxygen atoms in total. The minimum Gasteiger partial charge on any atom is -0.445 e. The fourth-order valence-electron chi connectivity index (χ4n) is 8.69. The van der Waals surface area contributed by atoms with E-state index in [1.54, 1.807) is 25.7 Å². The highest BCUT2D eigenvalue weighted by molar-refractivity contribution is 5.93. The van der Waals surface area contributed by atoms with E-state index in [-0.39, 0.29) is 30.4 Å². The maximum absolute atomic E-state index is 14.6. The molecule has 0 radical (unpaired) electrons. The van der Waals surface area contributed by atoms with Gasteiger partial charge in [0.05, 0.1) is 12.0 Å². The molecular formula is C49H74N6O8. The van der Waals surface area contributed by atoms with Crippen LogP contribution in [0, 0.1) is 11.8 Å². The molecule has 0 bridgehead atoms. The van der Waals surface area contributed by atoms with Crippen molar-refractivity contribution in [3.05, 3.63) is 83.9 Å². The van der Waals surface area contributed by atoms with Crippen molar-refractivity contribution >= 4 is 29.9 Å². The minimum absolute atomic E-state index is 0.151. The van der Waals surface area contributed by atoms with Crippen LogP contribution >= 0.6 is 0 Å². The maximum atomic E-state index is 14.6. The lowest BCUT2D eigenvalue weighted by molar-refractivity contribution is -0.246. The first kappa shape index (κ1) is 50.7. The summed E-state index contributed by atoms with van der Waals surface area (Å²) < 4.78 is 10.9. The third-order valence-corrected chi connectivity index (χ3v) is 11.5. The van der Waals surface area contributed by atoms with Crippen LogP contribution in [0.5, 0.6) is 0 Å². The highest BCUT2D eigenvalue weighted by Crippen LogP contribution is 2.36. The largest absolute Gasteiger partial charge is 0.445 e. The van der Waals surface area contributed by atoms with E-state index in [1.165, 1.54) is 5.06 Å². The van der Waals surface area contributed by atoms with E-state index in [9.17, 15) is 29.2 Å². The number of piperidine rings is 1. The summed E-state index contributed by atoms with van der Waals surface area (Å²) in [5, 5.41) is 24.2. The molecule has 2 aliphatic rings. The number of rotatable bonds is 19. The van der Waals surface area contributed by atoms with E-state index in [1.807, 2.05) is 101 Å². The summed E-state index contributed by atoms with van der Waals surface area (Å²) >= 11 is 0. The predicted molar refractivity (Wildman–Crippen MR) is 243 cm³/mol. The predicted octanol–water partition coefficient (Wildman–Crippen LogP) is 7.44. The summed E-state index contributed by atoms with van der Waals surface area (Å²) in [5.74, 6) is -1.34. The van der Waals surface area contributed by atoms with Crippen molar-refractivity contribution in [3.8, 4) is 0 Å². The molecule has 0 spiro atoms. The zero-order valence-electron chi connectivity index (χ0n) is 39.1. The molecule has 0 saturated carbocycles. The Balaban J connectivity index is 1.49. The Morgan fingerprint density at radius 1 is 0.857 bits per heavy atom. The number of likely N-dealkylation sites (tertiary alicyclic amines) is 1. The van der Waals surface area contributed by atoms with E-state index in [0.717, 1.165) is 11.1 Å². The fraction of sp³-hybridized carbons (Fsp3) is 0.612. The van der Waals surface area contributed by atoms with Crippen molar-refractivity contribution < 1.29 is 38.7 Å². The topological polar surface area (TPSA) is 179 Å². The van der Waals surface area contributed by atoms with E-state index in [4.69, 9.17) is 9.47 Å². The number of nitrogens with one attached hydrogen (secondary N) is 4. The number of hydrogen-bond acceptors (Lipinski definition) is 9. The third kappa shape index (κ3) is 16.6. The van der Waals surface area contributed by atoms with Crippen LogP contribution < -0.4 is 21.3 Å². The number of carbonyl (C=O) groups excluding carboxylic acids is 5. The molecule has 2 fully saturated rings. The number of hydrogen-bond donors (Lipinski definition) is 5. The first-order valence-electron chi connectivity index (χ1n) is 22.7. The van der Waals surface area contributed by atoms with Crippen LogP contribution in [-0.4, -0.2) is 99.0 Å². The monoisotopic (exact) mass is 875 g/mol. The second-order valence-corrected chi connectivity index (χ2v) is 19.8. The molecule has 14 heteroatoms. The highest BCUT2D eigenvalue weighted by atomic mass is 16.6. The van der Waals surface area contributed by atoms with Crippen molar-refractivity contribution in [3.63, 3.8) is 0 Å². The molecule has 5 N–H and O–H groups in total. The number of carbonyl (C=O) groups is 5. The molecular weight excluding hydrogens is 801 g/mol. The lowest BCUT2D eigenvalue weighted by Gasteiger charge is -2.51. The molecule has 0 unspecified atom stereocenters. The molecule has 348 valence electrons. The second-order valence-electron chi connectivity index (χ2n) is 19.8. The molecule has 2 aromatic rings. The van der Waals surface area contributed by atoms with Crippen LogP contribution in [0.3, 0.4) is 0 Å². The van der Waals surface area contributed by atoms with Crippen LogP contribution in [0.1, 0.15) is 125 Å². The Bertz CT molecular complexity index is 1810.